The molecule has 29 heavy (non-hydrogen) atoms. The van der Waals surface area contributed by atoms with Crippen molar-refractivity contribution in [2.45, 2.75) is 6.42 Å². The van der Waals surface area contributed by atoms with Gasteiger partial charge in [0.2, 0.25) is 0 Å². The molecule has 0 aliphatic rings. The molecule has 0 aliphatic carbocycles. The summed E-state index contributed by atoms with van der Waals surface area (Å²) in [5, 5.41) is 12.4. The smallest absolute Gasteiger partial charge is 0.149 e. The minimum absolute atomic E-state index is 0.0694. The lowest BCUT2D eigenvalue weighted by atomic mass is 10.1. The molecule has 0 amide bonds. The zero-order valence-electron chi connectivity index (χ0n) is 16.7. The summed E-state index contributed by atoms with van der Waals surface area (Å²) in [6.45, 7) is 1.92. The van der Waals surface area contributed by atoms with Gasteiger partial charge in [-0.25, -0.2) is 4.98 Å². The zero-order valence-corrected chi connectivity index (χ0v) is 18.3. The third kappa shape index (κ3) is 6.92. The number of hydrogen-bond donors (Lipinski definition) is 5. The fraction of sp³-hybridized carbons (Fsp3) is 0.238. The number of aromatic nitrogens is 1. The molecule has 0 saturated heterocycles. The van der Waals surface area contributed by atoms with Gasteiger partial charge in [0.05, 0.1) is 5.69 Å². The number of pyridine rings is 1. The summed E-state index contributed by atoms with van der Waals surface area (Å²) in [6, 6.07) is 12.9. The number of halogens is 1. The predicted molar refractivity (Wildman–Crippen MR) is 127 cm³/mol. The van der Waals surface area contributed by atoms with Crippen molar-refractivity contribution in [2.75, 3.05) is 44.0 Å². The molecule has 1 aromatic heterocycles. The third-order valence-electron chi connectivity index (χ3n) is 4.19. The highest BCUT2D eigenvalue weighted by Gasteiger charge is 2.06. The predicted octanol–water partition coefficient (Wildman–Crippen LogP) is 3.50. The molecule has 154 valence electrons. The average Bonchev–Trinajstić information content (AvgIpc) is 2.68. The molecular formula is C21H28BrN7. The van der Waals surface area contributed by atoms with E-state index in [1.165, 1.54) is 0 Å². The maximum atomic E-state index is 7.04. The standard InChI is InChI=1S/C14H19BrN4.C7H9N3/c1-19(2)7-3-6-17-14-13(16)12-8-11(15)5-4-10(12)9-18-14;8-6-3-1-5(2-4-6)7(9)10/h4-5,8-9H,3,6-7,16H2,1-2H3,(H,17,18);1-4H,8H2,(H3,9,10). The van der Waals surface area contributed by atoms with Crippen LogP contribution in [0.2, 0.25) is 0 Å². The van der Waals surface area contributed by atoms with Gasteiger partial charge in [-0.2, -0.15) is 0 Å². The van der Waals surface area contributed by atoms with Crippen LogP contribution < -0.4 is 22.5 Å². The maximum Gasteiger partial charge on any atom is 0.149 e. The Morgan fingerprint density at radius 3 is 2.45 bits per heavy atom. The normalized spacial score (nSPS) is 10.5. The van der Waals surface area contributed by atoms with Gasteiger partial charge in [-0.3, -0.25) is 5.41 Å². The molecule has 1 heterocycles. The molecule has 8 heteroatoms. The lowest BCUT2D eigenvalue weighted by Crippen LogP contribution is -2.17. The second kappa shape index (κ2) is 10.6. The van der Waals surface area contributed by atoms with E-state index in [0.29, 0.717) is 16.9 Å². The Labute approximate surface area is 179 Å². The Kier molecular flexibility index (Phi) is 8.23. The lowest BCUT2D eigenvalue weighted by Gasteiger charge is -2.12. The van der Waals surface area contributed by atoms with E-state index < -0.39 is 0 Å². The third-order valence-corrected chi connectivity index (χ3v) is 4.68. The second-order valence-electron chi connectivity index (χ2n) is 6.87. The Hall–Kier alpha value is -2.84. The fourth-order valence-corrected chi connectivity index (χ4v) is 2.97. The van der Waals surface area contributed by atoms with Crippen LogP contribution in [0, 0.1) is 5.41 Å². The molecule has 0 aliphatic heterocycles. The number of rotatable bonds is 6. The highest BCUT2D eigenvalue weighted by atomic mass is 79.9. The molecule has 7 nitrogen and oxygen atoms in total. The average molecular weight is 458 g/mol. The Morgan fingerprint density at radius 1 is 1.14 bits per heavy atom. The summed E-state index contributed by atoms with van der Waals surface area (Å²) >= 11 is 3.47. The Morgan fingerprint density at radius 2 is 1.83 bits per heavy atom. The van der Waals surface area contributed by atoms with Crippen LogP contribution in [-0.2, 0) is 0 Å². The first-order valence-electron chi connectivity index (χ1n) is 9.20. The largest absolute Gasteiger partial charge is 0.399 e. The number of nitrogen functional groups attached to an aromatic ring is 3. The van der Waals surface area contributed by atoms with Crippen molar-refractivity contribution >= 4 is 49.7 Å². The summed E-state index contributed by atoms with van der Waals surface area (Å²) in [5.74, 6) is 0.837. The van der Waals surface area contributed by atoms with Gasteiger partial charge < -0.3 is 27.4 Å². The molecule has 0 atom stereocenters. The minimum Gasteiger partial charge on any atom is -0.399 e. The number of amidine groups is 1. The van der Waals surface area contributed by atoms with Crippen molar-refractivity contribution in [3.8, 4) is 0 Å². The van der Waals surface area contributed by atoms with Gasteiger partial charge in [0.25, 0.3) is 0 Å². The van der Waals surface area contributed by atoms with Crippen molar-refractivity contribution in [2.24, 2.45) is 5.73 Å². The van der Waals surface area contributed by atoms with Crippen LogP contribution in [0.3, 0.4) is 0 Å². The molecular weight excluding hydrogens is 430 g/mol. The lowest BCUT2D eigenvalue weighted by molar-refractivity contribution is 0.405. The van der Waals surface area contributed by atoms with Gasteiger partial charge in [-0.1, -0.05) is 22.0 Å². The van der Waals surface area contributed by atoms with Crippen LogP contribution in [0.1, 0.15) is 12.0 Å². The van der Waals surface area contributed by atoms with Gasteiger partial charge >= 0.3 is 0 Å². The van der Waals surface area contributed by atoms with E-state index in [1.54, 1.807) is 24.3 Å². The first-order chi connectivity index (χ1) is 13.8. The molecule has 8 N–H and O–H groups in total. The highest BCUT2D eigenvalue weighted by Crippen LogP contribution is 2.28. The molecule has 0 radical (unpaired) electrons. The van der Waals surface area contributed by atoms with Crippen LogP contribution in [0.5, 0.6) is 0 Å². The molecule has 0 fully saturated rings. The van der Waals surface area contributed by atoms with Gasteiger partial charge in [0.15, 0.2) is 0 Å². The van der Waals surface area contributed by atoms with Crippen molar-refractivity contribution in [3.63, 3.8) is 0 Å². The van der Waals surface area contributed by atoms with Crippen LogP contribution in [0.15, 0.2) is 53.1 Å². The summed E-state index contributed by atoms with van der Waals surface area (Å²) in [6.07, 6.45) is 2.91. The van der Waals surface area contributed by atoms with Crippen LogP contribution in [0.25, 0.3) is 10.8 Å². The van der Waals surface area contributed by atoms with E-state index in [-0.39, 0.29) is 5.84 Å². The number of nitrogens with two attached hydrogens (primary N) is 3. The fourth-order valence-electron chi connectivity index (χ4n) is 2.61. The number of benzene rings is 2. The summed E-state index contributed by atoms with van der Waals surface area (Å²) in [4.78, 5) is 6.55. The molecule has 0 saturated carbocycles. The van der Waals surface area contributed by atoms with Gasteiger partial charge in [-0.15, -0.1) is 0 Å². The number of anilines is 3. The van der Waals surface area contributed by atoms with Gasteiger partial charge in [0, 0.05) is 39.2 Å². The molecule has 3 aromatic rings. The van der Waals surface area contributed by atoms with Crippen molar-refractivity contribution in [1.82, 2.24) is 9.88 Å². The number of nitrogens with zero attached hydrogens (tertiary/aromatic N) is 2. The first-order valence-corrected chi connectivity index (χ1v) is 9.99. The van der Waals surface area contributed by atoms with Crippen molar-refractivity contribution in [3.05, 3.63) is 58.7 Å². The second-order valence-corrected chi connectivity index (χ2v) is 7.79. The number of fused-ring (bicyclic) bond motifs is 1. The Bertz CT molecular complexity index is 955. The minimum atomic E-state index is 0.0694. The summed E-state index contributed by atoms with van der Waals surface area (Å²) < 4.78 is 1.02. The monoisotopic (exact) mass is 457 g/mol. The molecule has 0 spiro atoms. The topological polar surface area (TPSA) is 130 Å². The zero-order chi connectivity index (χ0) is 21.4. The summed E-state index contributed by atoms with van der Waals surface area (Å²) in [5.41, 5.74) is 18.9. The van der Waals surface area contributed by atoms with Crippen molar-refractivity contribution in [1.29, 1.82) is 5.41 Å². The van der Waals surface area contributed by atoms with Crippen molar-refractivity contribution < 1.29 is 0 Å². The van der Waals surface area contributed by atoms with E-state index in [9.17, 15) is 0 Å². The van der Waals surface area contributed by atoms with E-state index >= 15 is 0 Å². The number of nitrogens with one attached hydrogen (secondary N) is 2. The van der Waals surface area contributed by atoms with E-state index in [4.69, 9.17) is 22.6 Å². The molecule has 0 unspecified atom stereocenters. The Balaban J connectivity index is 0.000000253. The maximum absolute atomic E-state index is 7.04. The van der Waals surface area contributed by atoms with Crippen LogP contribution in [0.4, 0.5) is 17.2 Å². The molecule has 3 rings (SSSR count). The first kappa shape index (κ1) is 22.4. The quantitative estimate of drug-likeness (QED) is 0.166. The number of hydrogen-bond acceptors (Lipinski definition) is 6. The molecule has 0 bridgehead atoms. The molecule has 2 aromatic carbocycles. The summed E-state index contributed by atoms with van der Waals surface area (Å²) in [7, 11) is 4.14. The highest BCUT2D eigenvalue weighted by molar-refractivity contribution is 9.10. The SMILES string of the molecule is CN(C)CCCNc1ncc2ccc(Br)cc2c1N.N=C(N)c1ccc(N)cc1. The van der Waals surface area contributed by atoms with Gasteiger partial charge in [0.1, 0.15) is 11.7 Å². The van der Waals surface area contributed by atoms with E-state index in [0.717, 1.165) is 40.6 Å². The van der Waals surface area contributed by atoms with E-state index in [2.05, 4.69) is 45.2 Å². The van der Waals surface area contributed by atoms with Crippen LogP contribution >= 0.6 is 15.9 Å². The van der Waals surface area contributed by atoms with Crippen LogP contribution in [-0.4, -0.2) is 42.9 Å². The van der Waals surface area contributed by atoms with E-state index in [1.807, 2.05) is 24.4 Å². The van der Waals surface area contributed by atoms with Gasteiger partial charge in [-0.05, 0) is 63.5 Å².